The second-order valence-corrected chi connectivity index (χ2v) is 8.04. The summed E-state index contributed by atoms with van der Waals surface area (Å²) in [7, 11) is 0. The zero-order valence-corrected chi connectivity index (χ0v) is 18.4. The molecule has 2 heterocycles. The molecule has 0 bridgehead atoms. The van der Waals surface area contributed by atoms with Crippen LogP contribution in [0, 0.1) is 22.7 Å². The van der Waals surface area contributed by atoms with Gasteiger partial charge in [0.05, 0.1) is 34.3 Å². The van der Waals surface area contributed by atoms with E-state index in [1.54, 1.807) is 24.3 Å². The van der Waals surface area contributed by atoms with Crippen LogP contribution in [0.25, 0.3) is 50.5 Å². The Bertz CT molecular complexity index is 1710. The Kier molecular flexibility index (Phi) is 4.77. The summed E-state index contributed by atoms with van der Waals surface area (Å²) < 4.78 is 2.03. The van der Waals surface area contributed by atoms with Gasteiger partial charge in [0.2, 0.25) is 5.95 Å². The number of fused-ring (bicyclic) bond motifs is 3. The quantitative estimate of drug-likeness (QED) is 0.329. The lowest BCUT2D eigenvalue weighted by atomic mass is 10.1. The van der Waals surface area contributed by atoms with Crippen molar-refractivity contribution >= 4 is 21.8 Å². The monoisotopic (exact) mass is 448 g/mol. The normalized spacial score (nSPS) is 10.8. The smallest absolute Gasteiger partial charge is 0.238 e. The lowest BCUT2D eigenvalue weighted by molar-refractivity contribution is 0.953. The Hall–Kier alpha value is -5.33. The minimum atomic E-state index is 0.450. The minimum Gasteiger partial charge on any atom is -0.278 e. The maximum Gasteiger partial charge on any atom is 0.238 e. The van der Waals surface area contributed by atoms with E-state index < -0.39 is 0 Å². The van der Waals surface area contributed by atoms with E-state index in [4.69, 9.17) is 15.0 Å². The SMILES string of the molecule is N#Cc1cccc(-c2nc(-c3cccc(C#N)c3)nc(-n3c4ccccc4c4ccccc43)n2)c1. The third kappa shape index (κ3) is 3.47. The molecule has 0 unspecified atom stereocenters. The molecule has 6 nitrogen and oxygen atoms in total. The van der Waals surface area contributed by atoms with Gasteiger partial charge in [0.1, 0.15) is 0 Å². The Balaban J connectivity index is 1.68. The van der Waals surface area contributed by atoms with Crippen molar-refractivity contribution in [2.75, 3.05) is 0 Å². The molecule has 0 saturated carbocycles. The van der Waals surface area contributed by atoms with Crippen LogP contribution in [0.4, 0.5) is 0 Å². The summed E-state index contributed by atoms with van der Waals surface area (Å²) in [4.78, 5) is 14.5. The van der Waals surface area contributed by atoms with E-state index in [0.717, 1.165) is 21.8 Å². The van der Waals surface area contributed by atoms with Crippen LogP contribution >= 0.6 is 0 Å². The molecule has 0 aliphatic carbocycles. The Morgan fingerprint density at radius 1 is 0.543 bits per heavy atom. The first kappa shape index (κ1) is 20.3. The van der Waals surface area contributed by atoms with Crippen molar-refractivity contribution < 1.29 is 0 Å². The molecule has 0 aliphatic heterocycles. The molecule has 2 aromatic heterocycles. The lowest BCUT2D eigenvalue weighted by Crippen LogP contribution is -2.06. The number of hydrogen-bond acceptors (Lipinski definition) is 5. The van der Waals surface area contributed by atoms with Crippen molar-refractivity contribution in [3.63, 3.8) is 0 Å². The number of nitrogens with zero attached hydrogens (tertiary/aromatic N) is 6. The molecule has 0 radical (unpaired) electrons. The van der Waals surface area contributed by atoms with E-state index in [-0.39, 0.29) is 0 Å². The summed E-state index contributed by atoms with van der Waals surface area (Å²) in [5.74, 6) is 1.37. The van der Waals surface area contributed by atoms with Crippen molar-refractivity contribution in [2.24, 2.45) is 0 Å². The number of hydrogen-bond donors (Lipinski definition) is 0. The van der Waals surface area contributed by atoms with Gasteiger partial charge in [-0.05, 0) is 36.4 Å². The fourth-order valence-corrected chi connectivity index (χ4v) is 4.32. The second-order valence-electron chi connectivity index (χ2n) is 8.04. The number of benzene rings is 4. The van der Waals surface area contributed by atoms with Gasteiger partial charge in [0, 0.05) is 21.9 Å². The highest BCUT2D eigenvalue weighted by Crippen LogP contribution is 2.32. The molecule has 6 rings (SSSR count). The molecule has 6 aromatic rings. The zero-order chi connectivity index (χ0) is 23.8. The largest absolute Gasteiger partial charge is 0.278 e. The van der Waals surface area contributed by atoms with Crippen LogP contribution in [-0.2, 0) is 0 Å². The summed E-state index contributed by atoms with van der Waals surface area (Å²) in [6.07, 6.45) is 0. The Morgan fingerprint density at radius 3 is 1.51 bits per heavy atom. The average molecular weight is 448 g/mol. The molecule has 35 heavy (non-hydrogen) atoms. The molecule has 0 aliphatic rings. The Labute approximate surface area is 201 Å². The third-order valence-electron chi connectivity index (χ3n) is 5.90. The maximum atomic E-state index is 9.40. The van der Waals surface area contributed by atoms with Crippen molar-refractivity contribution in [2.45, 2.75) is 0 Å². The first-order valence-electron chi connectivity index (χ1n) is 11.0. The molecule has 0 N–H and O–H groups in total. The molecule has 162 valence electrons. The average Bonchev–Trinajstić information content (AvgIpc) is 3.27. The summed E-state index contributed by atoms with van der Waals surface area (Å²) >= 11 is 0. The number of aromatic nitrogens is 4. The minimum absolute atomic E-state index is 0.450. The first-order valence-corrected chi connectivity index (χ1v) is 11.0. The molecule has 0 atom stereocenters. The predicted molar refractivity (Wildman–Crippen MR) is 134 cm³/mol. The van der Waals surface area contributed by atoms with E-state index in [0.29, 0.717) is 39.9 Å². The van der Waals surface area contributed by atoms with Gasteiger partial charge in [-0.3, -0.25) is 4.57 Å². The van der Waals surface area contributed by atoms with Gasteiger partial charge in [0.25, 0.3) is 0 Å². The standard InChI is InChI=1S/C29H16N6/c30-17-19-7-5-9-21(15-19)27-32-28(22-10-6-8-20(16-22)18-31)34-29(33-27)35-25-13-3-1-11-23(25)24-12-2-4-14-26(24)35/h1-16H. The fourth-order valence-electron chi connectivity index (χ4n) is 4.32. The van der Waals surface area contributed by atoms with Crippen molar-refractivity contribution in [3.8, 4) is 40.9 Å². The third-order valence-corrected chi connectivity index (χ3v) is 5.90. The highest BCUT2D eigenvalue weighted by atomic mass is 15.2. The van der Waals surface area contributed by atoms with E-state index in [9.17, 15) is 10.5 Å². The summed E-state index contributed by atoms with van der Waals surface area (Å²) in [5.41, 5.74) is 4.43. The number of para-hydroxylation sites is 2. The first-order chi connectivity index (χ1) is 17.2. The van der Waals surface area contributed by atoms with Crippen LogP contribution in [0.2, 0.25) is 0 Å². The highest BCUT2D eigenvalue weighted by Gasteiger charge is 2.17. The topological polar surface area (TPSA) is 91.2 Å². The van der Waals surface area contributed by atoms with Crippen molar-refractivity contribution in [3.05, 3.63) is 108 Å². The predicted octanol–water partition coefficient (Wildman–Crippen LogP) is 6.05. The summed E-state index contributed by atoms with van der Waals surface area (Å²) in [6, 6.07) is 35.0. The van der Waals surface area contributed by atoms with Gasteiger partial charge in [0.15, 0.2) is 11.6 Å². The van der Waals surface area contributed by atoms with Crippen molar-refractivity contribution in [1.29, 1.82) is 10.5 Å². The van der Waals surface area contributed by atoms with Crippen LogP contribution in [0.1, 0.15) is 11.1 Å². The van der Waals surface area contributed by atoms with Gasteiger partial charge < -0.3 is 0 Å². The molecular formula is C29H16N6. The Morgan fingerprint density at radius 2 is 1.03 bits per heavy atom. The van der Waals surface area contributed by atoms with Gasteiger partial charge in [-0.2, -0.15) is 20.5 Å². The van der Waals surface area contributed by atoms with E-state index in [1.165, 1.54) is 0 Å². The zero-order valence-electron chi connectivity index (χ0n) is 18.4. The van der Waals surface area contributed by atoms with Crippen LogP contribution in [0.5, 0.6) is 0 Å². The maximum absolute atomic E-state index is 9.40. The highest BCUT2D eigenvalue weighted by molar-refractivity contribution is 6.08. The van der Waals surface area contributed by atoms with Gasteiger partial charge in [-0.1, -0.05) is 60.7 Å². The fraction of sp³-hybridized carbons (Fsp3) is 0. The van der Waals surface area contributed by atoms with Crippen LogP contribution in [-0.4, -0.2) is 19.5 Å². The summed E-state index contributed by atoms with van der Waals surface area (Å²) in [5, 5.41) is 21.0. The summed E-state index contributed by atoms with van der Waals surface area (Å²) in [6.45, 7) is 0. The second kappa shape index (κ2) is 8.22. The molecule has 4 aromatic carbocycles. The van der Waals surface area contributed by atoms with Gasteiger partial charge in [-0.25, -0.2) is 4.98 Å². The van der Waals surface area contributed by atoms with E-state index in [2.05, 4.69) is 24.3 Å². The molecular weight excluding hydrogens is 432 g/mol. The molecule has 0 fully saturated rings. The number of nitriles is 2. The molecule has 0 amide bonds. The molecule has 0 saturated heterocycles. The number of rotatable bonds is 3. The lowest BCUT2D eigenvalue weighted by Gasteiger charge is -2.11. The van der Waals surface area contributed by atoms with Gasteiger partial charge in [-0.15, -0.1) is 0 Å². The molecule has 0 spiro atoms. The molecule has 6 heteroatoms. The van der Waals surface area contributed by atoms with Crippen molar-refractivity contribution in [1.82, 2.24) is 19.5 Å². The van der Waals surface area contributed by atoms with E-state index >= 15 is 0 Å². The van der Waals surface area contributed by atoms with Crippen LogP contribution in [0.15, 0.2) is 97.1 Å². The van der Waals surface area contributed by atoms with Crippen LogP contribution in [0.3, 0.4) is 0 Å². The van der Waals surface area contributed by atoms with Crippen LogP contribution < -0.4 is 0 Å². The van der Waals surface area contributed by atoms with E-state index in [1.807, 2.05) is 65.2 Å². The van der Waals surface area contributed by atoms with Gasteiger partial charge >= 0.3 is 0 Å².